The molecule has 0 saturated heterocycles. The Balaban J connectivity index is 0.00000118. The minimum absolute atomic E-state index is 0. The molecule has 5 nitrogen and oxygen atoms in total. The van der Waals surface area contributed by atoms with Crippen molar-refractivity contribution in [2.75, 3.05) is 5.32 Å². The van der Waals surface area contributed by atoms with Gasteiger partial charge in [0.25, 0.3) is 5.91 Å². The van der Waals surface area contributed by atoms with Gasteiger partial charge >= 0.3 is 0 Å². The number of carbonyl (C=O) groups is 1. The molecule has 0 fully saturated rings. The molecule has 0 atom stereocenters. The highest BCUT2D eigenvalue weighted by Crippen LogP contribution is 2.22. The first-order chi connectivity index (χ1) is 12.5. The lowest BCUT2D eigenvalue weighted by Crippen LogP contribution is -2.14. The first-order valence-corrected chi connectivity index (χ1v) is 8.66. The van der Waals surface area contributed by atoms with E-state index in [-0.39, 0.29) is 7.33 Å². The molecule has 1 N–H and O–H groups in total. The Morgan fingerprint density at radius 1 is 0.962 bits per heavy atom. The average molecular weight is 350 g/mol. The minimum atomic E-state index is -0.241. The summed E-state index contributed by atoms with van der Waals surface area (Å²) in [6.45, 7) is 9.95. The predicted molar refractivity (Wildman–Crippen MR) is 107 cm³/mol. The maximum absolute atomic E-state index is 12.3. The average Bonchev–Trinajstić information content (AvgIpc) is 2.66. The number of hydrogen-bond acceptors (Lipinski definition) is 4. The third kappa shape index (κ3) is 4.51. The largest absolute Gasteiger partial charge is 0.305 e. The number of carbonyl (C=O) groups excluding carboxylic acids is 1. The van der Waals surface area contributed by atoms with Crippen LogP contribution < -0.4 is 5.32 Å². The van der Waals surface area contributed by atoms with Crippen LogP contribution in [-0.4, -0.2) is 20.9 Å². The van der Waals surface area contributed by atoms with E-state index in [1.807, 2.05) is 34.6 Å². The van der Waals surface area contributed by atoms with Crippen LogP contribution >= 0.6 is 0 Å². The van der Waals surface area contributed by atoms with Gasteiger partial charge in [0.1, 0.15) is 0 Å². The summed E-state index contributed by atoms with van der Waals surface area (Å²) in [5.74, 6) is 0.173. The van der Waals surface area contributed by atoms with E-state index >= 15 is 0 Å². The van der Waals surface area contributed by atoms with Crippen molar-refractivity contribution in [2.24, 2.45) is 0 Å². The van der Waals surface area contributed by atoms with Crippen molar-refractivity contribution in [3.63, 3.8) is 0 Å². The second-order valence-corrected chi connectivity index (χ2v) is 5.75. The molecule has 1 aromatic carbocycles. The van der Waals surface area contributed by atoms with Gasteiger partial charge in [-0.2, -0.15) is 0 Å². The third-order valence-corrected chi connectivity index (χ3v) is 3.85. The van der Waals surface area contributed by atoms with Crippen molar-refractivity contribution in [1.82, 2.24) is 15.0 Å². The molecule has 0 unspecified atom stereocenters. The number of pyridine rings is 1. The topological polar surface area (TPSA) is 67.8 Å². The number of amides is 1. The predicted octanol–water partition coefficient (Wildman–Crippen LogP) is 4.99. The van der Waals surface area contributed by atoms with Gasteiger partial charge in [-0.1, -0.05) is 31.5 Å². The van der Waals surface area contributed by atoms with Gasteiger partial charge in [-0.25, -0.2) is 4.98 Å². The van der Waals surface area contributed by atoms with E-state index in [0.29, 0.717) is 11.4 Å². The Morgan fingerprint density at radius 3 is 2.38 bits per heavy atom. The van der Waals surface area contributed by atoms with E-state index in [2.05, 4.69) is 38.5 Å². The molecule has 0 saturated carbocycles. The van der Waals surface area contributed by atoms with E-state index in [1.54, 1.807) is 30.9 Å². The van der Waals surface area contributed by atoms with Crippen molar-refractivity contribution in [1.29, 1.82) is 0 Å². The Hall–Kier alpha value is -3.08. The SMILES string of the molecule is CC.Cc1ccc(C)c(-c2cnc(NC(=O)c3cnccc3C)cn2)c1.[HH]. The molecule has 0 aliphatic carbocycles. The molecule has 0 spiro atoms. The maximum atomic E-state index is 12.3. The summed E-state index contributed by atoms with van der Waals surface area (Å²) in [5.41, 5.74) is 5.52. The number of nitrogens with one attached hydrogen (secondary N) is 1. The van der Waals surface area contributed by atoms with E-state index < -0.39 is 0 Å². The standard InChI is InChI=1S/C19H18N4O.C2H6.H2/c1-12-4-5-13(2)15(8-12)17-10-22-18(11-21-17)23-19(24)16-9-20-7-6-14(16)3;1-2;/h4-11H,1-3H3,(H,22,23,24);1-2H3;1H. The van der Waals surface area contributed by atoms with E-state index in [0.717, 1.165) is 22.4 Å². The first kappa shape index (κ1) is 19.2. The van der Waals surface area contributed by atoms with Crippen LogP contribution in [0.25, 0.3) is 11.3 Å². The maximum Gasteiger partial charge on any atom is 0.258 e. The molecule has 2 aromatic heterocycles. The van der Waals surface area contributed by atoms with Crippen LogP contribution in [0.2, 0.25) is 0 Å². The monoisotopic (exact) mass is 350 g/mol. The first-order valence-electron chi connectivity index (χ1n) is 8.66. The normalized spacial score (nSPS) is 9.88. The molecule has 136 valence electrons. The van der Waals surface area contributed by atoms with Gasteiger partial charge in [-0.15, -0.1) is 0 Å². The Morgan fingerprint density at radius 2 is 1.73 bits per heavy atom. The second kappa shape index (κ2) is 8.85. The Labute approximate surface area is 156 Å². The smallest absolute Gasteiger partial charge is 0.258 e. The minimum Gasteiger partial charge on any atom is -0.305 e. The van der Waals surface area contributed by atoms with Crippen LogP contribution in [0.15, 0.2) is 49.1 Å². The summed E-state index contributed by atoms with van der Waals surface area (Å²) >= 11 is 0. The van der Waals surface area contributed by atoms with Crippen LogP contribution in [0.1, 0.15) is 42.3 Å². The summed E-state index contributed by atoms with van der Waals surface area (Å²) < 4.78 is 0. The molecule has 0 bridgehead atoms. The lowest BCUT2D eigenvalue weighted by atomic mass is 10.0. The number of nitrogens with zero attached hydrogens (tertiary/aromatic N) is 3. The van der Waals surface area contributed by atoms with Crippen molar-refractivity contribution in [3.05, 3.63) is 71.3 Å². The number of rotatable bonds is 3. The number of aromatic nitrogens is 3. The van der Waals surface area contributed by atoms with Gasteiger partial charge in [0.2, 0.25) is 0 Å². The molecule has 0 aliphatic heterocycles. The molecule has 26 heavy (non-hydrogen) atoms. The molecular formula is C21H26N4O. The second-order valence-electron chi connectivity index (χ2n) is 5.75. The molecule has 3 rings (SSSR count). The van der Waals surface area contributed by atoms with Gasteiger partial charge < -0.3 is 5.32 Å². The van der Waals surface area contributed by atoms with Crippen LogP contribution in [0.5, 0.6) is 0 Å². The van der Waals surface area contributed by atoms with Crippen LogP contribution in [-0.2, 0) is 0 Å². The highest BCUT2D eigenvalue weighted by Gasteiger charge is 2.11. The number of anilines is 1. The van der Waals surface area contributed by atoms with Gasteiger partial charge in [0, 0.05) is 19.4 Å². The summed E-state index contributed by atoms with van der Waals surface area (Å²) in [6, 6.07) is 8.01. The van der Waals surface area contributed by atoms with E-state index in [4.69, 9.17) is 0 Å². The fourth-order valence-electron chi connectivity index (χ4n) is 2.43. The van der Waals surface area contributed by atoms with E-state index in [1.165, 1.54) is 5.56 Å². The highest BCUT2D eigenvalue weighted by atomic mass is 16.1. The summed E-state index contributed by atoms with van der Waals surface area (Å²) in [5, 5.41) is 2.75. The lowest BCUT2D eigenvalue weighted by Gasteiger charge is -2.08. The van der Waals surface area contributed by atoms with Crippen LogP contribution in [0, 0.1) is 20.8 Å². The molecule has 0 radical (unpaired) electrons. The quantitative estimate of drug-likeness (QED) is 0.722. The summed E-state index contributed by atoms with van der Waals surface area (Å²) in [6.07, 6.45) is 6.45. The summed E-state index contributed by atoms with van der Waals surface area (Å²) in [7, 11) is 0. The zero-order valence-electron chi connectivity index (χ0n) is 15.9. The molecule has 1 amide bonds. The van der Waals surface area contributed by atoms with Crippen molar-refractivity contribution < 1.29 is 6.22 Å². The molecule has 3 aromatic rings. The number of aryl methyl sites for hydroxylation is 3. The van der Waals surface area contributed by atoms with Crippen molar-refractivity contribution in [3.8, 4) is 11.3 Å². The molecule has 2 heterocycles. The Bertz CT molecular complexity index is 895. The Kier molecular flexibility index (Phi) is 6.55. The third-order valence-electron chi connectivity index (χ3n) is 3.85. The highest BCUT2D eigenvalue weighted by molar-refractivity contribution is 6.04. The fraction of sp³-hybridized carbons (Fsp3) is 0.238. The number of hydrogen-bond donors (Lipinski definition) is 1. The lowest BCUT2D eigenvalue weighted by molar-refractivity contribution is 0.102. The van der Waals surface area contributed by atoms with Crippen LogP contribution in [0.3, 0.4) is 0 Å². The zero-order valence-corrected chi connectivity index (χ0v) is 15.9. The van der Waals surface area contributed by atoms with Gasteiger partial charge in [0.15, 0.2) is 5.82 Å². The van der Waals surface area contributed by atoms with Crippen molar-refractivity contribution >= 4 is 11.7 Å². The molecule has 0 aliphatic rings. The van der Waals surface area contributed by atoms with Crippen molar-refractivity contribution in [2.45, 2.75) is 34.6 Å². The number of benzene rings is 1. The molecule has 5 heteroatoms. The van der Waals surface area contributed by atoms with Gasteiger partial charge in [-0.3, -0.25) is 14.8 Å². The van der Waals surface area contributed by atoms with Gasteiger partial charge in [-0.05, 0) is 44.0 Å². The zero-order chi connectivity index (χ0) is 19.1. The summed E-state index contributed by atoms with van der Waals surface area (Å²) in [4.78, 5) is 25.0. The van der Waals surface area contributed by atoms with E-state index in [9.17, 15) is 4.79 Å². The fourth-order valence-corrected chi connectivity index (χ4v) is 2.43. The van der Waals surface area contributed by atoms with Gasteiger partial charge in [0.05, 0.1) is 23.7 Å². The molecular weight excluding hydrogens is 324 g/mol. The van der Waals surface area contributed by atoms with Crippen LogP contribution in [0.4, 0.5) is 5.82 Å².